The van der Waals surface area contributed by atoms with E-state index in [1.807, 2.05) is 42.5 Å². The van der Waals surface area contributed by atoms with Crippen LogP contribution in [0.1, 0.15) is 109 Å². The number of hydrogen-bond acceptors (Lipinski definition) is 5. The van der Waals surface area contributed by atoms with E-state index in [0.29, 0.717) is 42.7 Å². The van der Waals surface area contributed by atoms with Gasteiger partial charge < -0.3 is 24.8 Å². The standard InChI is InChI=1S/C39H54BN3O5/c1-24(2)34(40-47-33-23-29-22-32(38(29,3)4)39(33,5)48-40)42-36(45)31-16-11-19-43(31)37(46)30(20-25-12-7-6-8-13-25)41-35(44)28-18-17-26-14-9-10-15-27(26)21-28/h9-10,14-15,17-18,21,24-25,29-34H,6-8,11-13,16,19-20,22-23H2,1-5H3,(H,41,44)(H,42,45)/t29-,30+,31-,32-,33+,34-,39-/m0/s1. The van der Waals surface area contributed by atoms with E-state index in [0.717, 1.165) is 49.3 Å². The number of amides is 3. The Bertz CT molecular complexity index is 1540. The second kappa shape index (κ2) is 13.1. The molecule has 6 aliphatic rings. The summed E-state index contributed by atoms with van der Waals surface area (Å²) in [6.45, 7) is 11.6. The topological polar surface area (TPSA) is 97.0 Å². The summed E-state index contributed by atoms with van der Waals surface area (Å²) in [6.07, 6.45) is 9.80. The van der Waals surface area contributed by atoms with E-state index in [-0.39, 0.29) is 46.7 Å². The van der Waals surface area contributed by atoms with Gasteiger partial charge in [-0.15, -0.1) is 0 Å². The van der Waals surface area contributed by atoms with Crippen molar-refractivity contribution in [1.82, 2.24) is 15.5 Å². The highest BCUT2D eigenvalue weighted by Crippen LogP contribution is 2.65. The number of nitrogens with zero attached hydrogens (tertiary/aromatic N) is 1. The van der Waals surface area contributed by atoms with Crippen LogP contribution in [0.3, 0.4) is 0 Å². The molecule has 0 aromatic heterocycles. The first-order chi connectivity index (χ1) is 23.0. The molecule has 0 radical (unpaired) electrons. The van der Waals surface area contributed by atoms with Crippen LogP contribution in [0, 0.1) is 29.1 Å². The quantitative estimate of drug-likeness (QED) is 0.309. The fourth-order valence-electron chi connectivity index (χ4n) is 9.91. The zero-order valence-electron chi connectivity index (χ0n) is 29.5. The molecule has 8 rings (SSSR count). The fraction of sp³-hybridized carbons (Fsp3) is 0.667. The molecule has 4 aliphatic carbocycles. The maximum Gasteiger partial charge on any atom is 0.481 e. The number of carbonyl (C=O) groups excluding carboxylic acids is 3. The summed E-state index contributed by atoms with van der Waals surface area (Å²) < 4.78 is 13.4. The molecule has 2 aromatic rings. The van der Waals surface area contributed by atoms with Gasteiger partial charge in [0.05, 0.1) is 17.6 Å². The minimum Gasteiger partial charge on any atom is -0.404 e. The molecule has 2 saturated heterocycles. The Morgan fingerprint density at radius 2 is 1.69 bits per heavy atom. The van der Waals surface area contributed by atoms with Crippen molar-refractivity contribution < 1.29 is 23.7 Å². The van der Waals surface area contributed by atoms with Crippen LogP contribution in [-0.4, -0.2) is 66.0 Å². The van der Waals surface area contributed by atoms with Gasteiger partial charge in [0.2, 0.25) is 11.8 Å². The van der Waals surface area contributed by atoms with Crippen LogP contribution >= 0.6 is 0 Å². The molecule has 6 fully saturated rings. The first-order valence-electron chi connectivity index (χ1n) is 18.7. The van der Waals surface area contributed by atoms with E-state index in [4.69, 9.17) is 9.31 Å². The molecular formula is C39H54BN3O5. The highest BCUT2D eigenvalue weighted by molar-refractivity contribution is 6.48. The molecule has 0 unspecified atom stereocenters. The Labute approximate surface area is 286 Å². The van der Waals surface area contributed by atoms with Gasteiger partial charge in [-0.1, -0.05) is 90.1 Å². The van der Waals surface area contributed by atoms with Gasteiger partial charge in [-0.05, 0) is 91.0 Å². The van der Waals surface area contributed by atoms with Crippen LogP contribution in [0.2, 0.25) is 0 Å². The average molecular weight is 656 g/mol. The molecule has 4 saturated carbocycles. The third kappa shape index (κ3) is 6.08. The van der Waals surface area contributed by atoms with Gasteiger partial charge in [-0.2, -0.15) is 0 Å². The van der Waals surface area contributed by atoms with Crippen molar-refractivity contribution in [3.05, 3.63) is 48.0 Å². The van der Waals surface area contributed by atoms with Gasteiger partial charge in [0.1, 0.15) is 12.1 Å². The van der Waals surface area contributed by atoms with Crippen molar-refractivity contribution in [2.75, 3.05) is 6.54 Å². The summed E-state index contributed by atoms with van der Waals surface area (Å²) in [4.78, 5) is 43.8. The van der Waals surface area contributed by atoms with Gasteiger partial charge in [0.25, 0.3) is 5.91 Å². The van der Waals surface area contributed by atoms with E-state index < -0.39 is 19.2 Å². The number of hydrogen-bond donors (Lipinski definition) is 2. The maximum atomic E-state index is 14.4. The summed E-state index contributed by atoms with van der Waals surface area (Å²) >= 11 is 0. The highest BCUT2D eigenvalue weighted by atomic mass is 16.7. The molecule has 7 atom stereocenters. The smallest absolute Gasteiger partial charge is 0.404 e. The Morgan fingerprint density at radius 3 is 2.42 bits per heavy atom. The normalized spacial score (nSPS) is 30.9. The Balaban J connectivity index is 1.06. The van der Waals surface area contributed by atoms with Crippen LogP contribution in [0.4, 0.5) is 0 Å². The summed E-state index contributed by atoms with van der Waals surface area (Å²) in [7, 11) is -0.523. The van der Waals surface area contributed by atoms with Crippen molar-refractivity contribution in [3.63, 3.8) is 0 Å². The van der Waals surface area contributed by atoms with E-state index in [1.54, 1.807) is 4.90 Å². The lowest BCUT2D eigenvalue weighted by Crippen LogP contribution is -2.65. The Morgan fingerprint density at radius 1 is 0.938 bits per heavy atom. The maximum absolute atomic E-state index is 14.4. The van der Waals surface area contributed by atoms with Crippen LogP contribution in [0.15, 0.2) is 42.5 Å². The van der Waals surface area contributed by atoms with Crippen LogP contribution < -0.4 is 10.6 Å². The van der Waals surface area contributed by atoms with Crippen molar-refractivity contribution >= 4 is 35.6 Å². The summed E-state index contributed by atoms with van der Waals surface area (Å²) in [5.74, 6) is 0.660. The molecule has 2 heterocycles. The minimum absolute atomic E-state index is 0.0359. The van der Waals surface area contributed by atoms with Crippen molar-refractivity contribution in [1.29, 1.82) is 0 Å². The molecule has 2 aromatic carbocycles. The number of rotatable bonds is 9. The van der Waals surface area contributed by atoms with Crippen LogP contribution in [-0.2, 0) is 18.9 Å². The molecule has 9 heteroatoms. The molecule has 2 N–H and O–H groups in total. The lowest BCUT2D eigenvalue weighted by atomic mass is 9.43. The van der Waals surface area contributed by atoms with E-state index in [2.05, 4.69) is 45.3 Å². The minimum atomic E-state index is -0.680. The third-order valence-electron chi connectivity index (χ3n) is 13.0. The third-order valence-corrected chi connectivity index (χ3v) is 13.0. The predicted octanol–water partition coefficient (Wildman–Crippen LogP) is 6.31. The van der Waals surface area contributed by atoms with E-state index >= 15 is 0 Å². The molecule has 258 valence electrons. The van der Waals surface area contributed by atoms with Crippen molar-refractivity contribution in [2.24, 2.45) is 29.1 Å². The fourth-order valence-corrected chi connectivity index (χ4v) is 9.91. The zero-order chi connectivity index (χ0) is 33.8. The summed E-state index contributed by atoms with van der Waals surface area (Å²) in [6, 6.07) is 12.4. The molecule has 8 nitrogen and oxygen atoms in total. The summed E-state index contributed by atoms with van der Waals surface area (Å²) in [5, 5.41) is 8.48. The van der Waals surface area contributed by atoms with Gasteiger partial charge >= 0.3 is 7.12 Å². The first kappa shape index (κ1) is 33.6. The van der Waals surface area contributed by atoms with Crippen molar-refractivity contribution in [2.45, 2.75) is 129 Å². The van der Waals surface area contributed by atoms with Gasteiger partial charge in [-0.3, -0.25) is 14.4 Å². The second-order valence-electron chi connectivity index (χ2n) is 16.6. The van der Waals surface area contributed by atoms with Gasteiger partial charge in [0, 0.05) is 12.1 Å². The molecular weight excluding hydrogens is 601 g/mol. The monoisotopic (exact) mass is 655 g/mol. The SMILES string of the molecule is CC(C)[C@H](NC(=O)[C@@H]1CCCN1C(=O)[C@@H](CC1CCCCC1)NC(=O)c1ccc2ccccc2c1)B1O[C@@H]2C[C@@H]3C[C@@H](C3(C)C)[C@]2(C)O1. The van der Waals surface area contributed by atoms with Gasteiger partial charge in [0.15, 0.2) is 0 Å². The molecule has 48 heavy (non-hydrogen) atoms. The largest absolute Gasteiger partial charge is 0.481 e. The Hall–Kier alpha value is -2.91. The molecule has 2 aliphatic heterocycles. The first-order valence-corrected chi connectivity index (χ1v) is 18.7. The summed E-state index contributed by atoms with van der Waals surface area (Å²) in [5.41, 5.74) is 0.423. The van der Waals surface area contributed by atoms with Crippen molar-refractivity contribution in [3.8, 4) is 0 Å². The number of carbonyl (C=O) groups is 3. The number of benzene rings is 2. The van der Waals surface area contributed by atoms with E-state index in [9.17, 15) is 14.4 Å². The second-order valence-corrected chi connectivity index (χ2v) is 16.6. The molecule has 3 amide bonds. The number of likely N-dealkylation sites (tertiary alicyclic amines) is 1. The lowest BCUT2D eigenvalue weighted by molar-refractivity contribution is -0.199. The van der Waals surface area contributed by atoms with Crippen LogP contribution in [0.25, 0.3) is 10.8 Å². The Kier molecular flexibility index (Phi) is 9.16. The highest BCUT2D eigenvalue weighted by Gasteiger charge is 2.68. The lowest BCUT2D eigenvalue weighted by Gasteiger charge is -2.64. The zero-order valence-corrected chi connectivity index (χ0v) is 29.5. The van der Waals surface area contributed by atoms with Crippen LogP contribution in [0.5, 0.6) is 0 Å². The number of fused-ring (bicyclic) bond motifs is 1. The molecule has 0 spiro atoms. The van der Waals surface area contributed by atoms with Gasteiger partial charge in [-0.25, -0.2) is 0 Å². The molecule has 2 bridgehead atoms. The predicted molar refractivity (Wildman–Crippen MR) is 188 cm³/mol. The average Bonchev–Trinajstić information content (AvgIpc) is 3.71. The number of nitrogens with one attached hydrogen (secondary N) is 2. The van der Waals surface area contributed by atoms with E-state index in [1.165, 1.54) is 12.8 Å².